The molecule has 2 atom stereocenters. The summed E-state index contributed by atoms with van der Waals surface area (Å²) in [7, 11) is 0. The Labute approximate surface area is 169 Å². The number of aliphatic hydroxyl groups is 4. The molecule has 0 radical (unpaired) electrons. The largest absolute Gasteiger partial charge is 0.396 e. The molecule has 0 aliphatic carbocycles. The number of esters is 2. The summed E-state index contributed by atoms with van der Waals surface area (Å²) in [4.78, 5) is 46.6. The van der Waals surface area contributed by atoms with Gasteiger partial charge in [0.05, 0.1) is 26.1 Å². The van der Waals surface area contributed by atoms with Crippen LogP contribution in [0.1, 0.15) is 40.5 Å². The Balaban J connectivity index is 4.17. The molecule has 168 valence electrons. The molecular weight excluding hydrogens is 388 g/mol. The van der Waals surface area contributed by atoms with E-state index in [4.69, 9.17) is 10.2 Å². The highest BCUT2D eigenvalue weighted by atomic mass is 16.6. The third kappa shape index (κ3) is 9.31. The summed E-state index contributed by atoms with van der Waals surface area (Å²) in [5, 5.41) is 42.4. The van der Waals surface area contributed by atoms with Crippen LogP contribution in [0, 0.1) is 10.8 Å². The van der Waals surface area contributed by atoms with Gasteiger partial charge in [-0.05, 0) is 0 Å². The standard InChI is InChI=1S/C18H32N2O9/c1-17(2,9-21)13(25)15(27)19-7-5-11(23)29-12(24)6-8-20-16(28)14(26)18(3,4)10-22/h13-14,21-22,25-26H,5-10H2,1-4H3,(H,19,27)(H,20,28)/t13-,14-/m0/s1. The molecule has 0 saturated heterocycles. The minimum Gasteiger partial charge on any atom is -0.396 e. The average molecular weight is 420 g/mol. The van der Waals surface area contributed by atoms with Crippen LogP contribution in [0.25, 0.3) is 0 Å². The summed E-state index contributed by atoms with van der Waals surface area (Å²) in [5.74, 6) is -3.34. The van der Waals surface area contributed by atoms with E-state index in [-0.39, 0.29) is 25.9 Å². The van der Waals surface area contributed by atoms with Crippen molar-refractivity contribution in [2.24, 2.45) is 10.8 Å². The fourth-order valence-electron chi connectivity index (χ4n) is 1.88. The van der Waals surface area contributed by atoms with Crippen LogP contribution in [-0.2, 0) is 23.9 Å². The zero-order valence-electron chi connectivity index (χ0n) is 17.2. The van der Waals surface area contributed by atoms with E-state index in [9.17, 15) is 29.4 Å². The Morgan fingerprint density at radius 1 is 0.759 bits per heavy atom. The minimum absolute atomic E-state index is 0.178. The Morgan fingerprint density at radius 3 is 1.34 bits per heavy atom. The van der Waals surface area contributed by atoms with E-state index < -0.39 is 60.0 Å². The summed E-state index contributed by atoms with van der Waals surface area (Å²) < 4.78 is 4.53. The van der Waals surface area contributed by atoms with Gasteiger partial charge in [0.2, 0.25) is 11.8 Å². The fraction of sp³-hybridized carbons (Fsp3) is 0.778. The van der Waals surface area contributed by atoms with Crippen LogP contribution in [0.4, 0.5) is 0 Å². The van der Waals surface area contributed by atoms with Crippen molar-refractivity contribution in [3.05, 3.63) is 0 Å². The highest BCUT2D eigenvalue weighted by molar-refractivity contribution is 5.87. The van der Waals surface area contributed by atoms with E-state index in [1.807, 2.05) is 0 Å². The lowest BCUT2D eigenvalue weighted by atomic mass is 9.87. The molecule has 0 spiro atoms. The molecule has 29 heavy (non-hydrogen) atoms. The highest BCUT2D eigenvalue weighted by Gasteiger charge is 2.33. The first-order valence-corrected chi connectivity index (χ1v) is 9.15. The van der Waals surface area contributed by atoms with Crippen molar-refractivity contribution in [1.29, 1.82) is 0 Å². The molecule has 0 aromatic rings. The second kappa shape index (κ2) is 11.8. The molecule has 0 aliphatic rings. The number of hydrogen-bond acceptors (Lipinski definition) is 9. The van der Waals surface area contributed by atoms with Crippen LogP contribution < -0.4 is 10.6 Å². The third-order valence-electron chi connectivity index (χ3n) is 4.28. The van der Waals surface area contributed by atoms with E-state index in [1.54, 1.807) is 0 Å². The lowest BCUT2D eigenvalue weighted by Gasteiger charge is -2.27. The maximum absolute atomic E-state index is 11.7. The van der Waals surface area contributed by atoms with Crippen molar-refractivity contribution in [2.75, 3.05) is 26.3 Å². The first-order valence-electron chi connectivity index (χ1n) is 9.15. The number of carbonyl (C=O) groups excluding carboxylic acids is 4. The van der Waals surface area contributed by atoms with Gasteiger partial charge in [-0.3, -0.25) is 19.2 Å². The van der Waals surface area contributed by atoms with Crippen molar-refractivity contribution >= 4 is 23.8 Å². The van der Waals surface area contributed by atoms with Crippen molar-refractivity contribution < 1.29 is 44.3 Å². The SMILES string of the molecule is CC(C)(CO)[C@@H](O)C(=O)NCCC(=O)OC(=O)CCNC(=O)[C@H](O)C(C)(C)CO. The molecule has 0 bridgehead atoms. The van der Waals surface area contributed by atoms with Gasteiger partial charge >= 0.3 is 11.9 Å². The van der Waals surface area contributed by atoms with Gasteiger partial charge in [-0.2, -0.15) is 0 Å². The summed E-state index contributed by atoms with van der Waals surface area (Å²) in [6.07, 6.45) is -3.58. The Hall–Kier alpha value is -2.08. The number of ether oxygens (including phenoxy) is 1. The van der Waals surface area contributed by atoms with Crippen LogP contribution in [0.3, 0.4) is 0 Å². The van der Waals surface area contributed by atoms with E-state index >= 15 is 0 Å². The Bertz CT molecular complexity index is 540. The topological polar surface area (TPSA) is 182 Å². The van der Waals surface area contributed by atoms with Gasteiger partial charge in [-0.15, -0.1) is 0 Å². The molecule has 11 heteroatoms. The molecule has 0 heterocycles. The second-order valence-electron chi connectivity index (χ2n) is 8.03. The third-order valence-corrected chi connectivity index (χ3v) is 4.28. The quantitative estimate of drug-likeness (QED) is 0.151. The maximum atomic E-state index is 11.7. The monoisotopic (exact) mass is 420 g/mol. The summed E-state index contributed by atoms with van der Waals surface area (Å²) in [5.41, 5.74) is -2.10. The van der Waals surface area contributed by atoms with Gasteiger partial charge in [-0.1, -0.05) is 27.7 Å². The highest BCUT2D eigenvalue weighted by Crippen LogP contribution is 2.20. The zero-order valence-corrected chi connectivity index (χ0v) is 17.2. The normalized spacial score (nSPS) is 13.9. The predicted molar refractivity (Wildman–Crippen MR) is 100 cm³/mol. The van der Waals surface area contributed by atoms with E-state index in [1.165, 1.54) is 27.7 Å². The maximum Gasteiger partial charge on any atom is 0.315 e. The van der Waals surface area contributed by atoms with Gasteiger partial charge < -0.3 is 35.8 Å². The number of nitrogens with one attached hydrogen (secondary N) is 2. The van der Waals surface area contributed by atoms with E-state index in [0.29, 0.717) is 0 Å². The Kier molecular flexibility index (Phi) is 11.0. The van der Waals surface area contributed by atoms with Gasteiger partial charge in [0, 0.05) is 23.9 Å². The van der Waals surface area contributed by atoms with Gasteiger partial charge in [0.25, 0.3) is 0 Å². The molecule has 0 aromatic heterocycles. The molecule has 0 aromatic carbocycles. The first-order chi connectivity index (χ1) is 13.3. The molecule has 0 saturated carbocycles. The van der Waals surface area contributed by atoms with Crippen LogP contribution in [0.5, 0.6) is 0 Å². The second-order valence-corrected chi connectivity index (χ2v) is 8.03. The van der Waals surface area contributed by atoms with Crippen LogP contribution in [0.2, 0.25) is 0 Å². The number of amides is 2. The van der Waals surface area contributed by atoms with Gasteiger partial charge in [0.15, 0.2) is 0 Å². The number of aliphatic hydroxyl groups excluding tert-OH is 4. The molecule has 6 N–H and O–H groups in total. The molecule has 11 nitrogen and oxygen atoms in total. The summed E-state index contributed by atoms with van der Waals surface area (Å²) >= 11 is 0. The van der Waals surface area contributed by atoms with E-state index in [0.717, 1.165) is 0 Å². The summed E-state index contributed by atoms with van der Waals surface area (Å²) in [6.45, 7) is 4.79. The fourth-order valence-corrected chi connectivity index (χ4v) is 1.88. The number of hydrogen-bond donors (Lipinski definition) is 6. The Morgan fingerprint density at radius 2 is 1.07 bits per heavy atom. The lowest BCUT2D eigenvalue weighted by molar-refractivity contribution is -0.159. The smallest absolute Gasteiger partial charge is 0.315 e. The minimum atomic E-state index is -1.47. The predicted octanol–water partition coefficient (Wildman–Crippen LogP) is -2.17. The average Bonchev–Trinajstić information content (AvgIpc) is 2.66. The van der Waals surface area contributed by atoms with Crippen molar-refractivity contribution in [2.45, 2.75) is 52.7 Å². The molecule has 0 fully saturated rings. The number of rotatable bonds is 12. The first kappa shape index (κ1) is 26.9. The van der Waals surface area contributed by atoms with Crippen LogP contribution in [-0.4, -0.2) is 82.7 Å². The van der Waals surface area contributed by atoms with Gasteiger partial charge in [-0.25, -0.2) is 0 Å². The molecule has 0 unspecified atom stereocenters. The number of carbonyl (C=O) groups is 4. The lowest BCUT2D eigenvalue weighted by Crippen LogP contribution is -2.46. The molecular formula is C18H32N2O9. The summed E-state index contributed by atoms with van der Waals surface area (Å²) in [6, 6.07) is 0. The van der Waals surface area contributed by atoms with Crippen molar-refractivity contribution in [3.63, 3.8) is 0 Å². The van der Waals surface area contributed by atoms with Crippen molar-refractivity contribution in [3.8, 4) is 0 Å². The van der Waals surface area contributed by atoms with E-state index in [2.05, 4.69) is 15.4 Å². The zero-order chi connectivity index (χ0) is 22.8. The van der Waals surface area contributed by atoms with Crippen molar-refractivity contribution in [1.82, 2.24) is 10.6 Å². The molecule has 2 amide bonds. The van der Waals surface area contributed by atoms with Gasteiger partial charge in [0.1, 0.15) is 12.2 Å². The molecule has 0 rings (SSSR count). The van der Waals surface area contributed by atoms with Crippen LogP contribution in [0.15, 0.2) is 0 Å². The molecule has 0 aliphatic heterocycles. The van der Waals surface area contributed by atoms with Crippen LogP contribution >= 0.6 is 0 Å².